The summed E-state index contributed by atoms with van der Waals surface area (Å²) in [7, 11) is 0. The average molecular weight is 288 g/mol. The lowest BCUT2D eigenvalue weighted by atomic mass is 10.2. The van der Waals surface area contributed by atoms with E-state index in [0.29, 0.717) is 0 Å². The van der Waals surface area contributed by atoms with Crippen LogP contribution in [0.25, 0.3) is 0 Å². The van der Waals surface area contributed by atoms with Gasteiger partial charge in [-0.2, -0.15) is 0 Å². The molecule has 0 aromatic heterocycles. The Balaban J connectivity index is 0. The summed E-state index contributed by atoms with van der Waals surface area (Å²) in [6.45, 7) is 21.1. The molecule has 0 spiro atoms. The SMILES string of the molecule is CC(C)(C)OOC(C)(C)C.C[CH2][Al]([CH2]C)[CH2]C(C)C. The van der Waals surface area contributed by atoms with Crippen LogP contribution in [0.15, 0.2) is 0 Å². The lowest BCUT2D eigenvalue weighted by Gasteiger charge is -2.24. The van der Waals surface area contributed by atoms with E-state index in [1.54, 1.807) is 5.28 Å². The Hall–Kier alpha value is 0.452. The average Bonchev–Trinajstić information content (AvgIpc) is 2.22. The highest BCUT2D eigenvalue weighted by Gasteiger charge is 2.18. The Kier molecular flexibility index (Phi) is 11.7. The second kappa shape index (κ2) is 10.2. The van der Waals surface area contributed by atoms with Crippen molar-refractivity contribution in [1.29, 1.82) is 0 Å². The molecule has 0 aliphatic carbocycles. The predicted molar refractivity (Wildman–Crippen MR) is 88.0 cm³/mol. The molecule has 0 aliphatic heterocycles. The van der Waals surface area contributed by atoms with Crippen LogP contribution in [-0.4, -0.2) is 25.4 Å². The third kappa shape index (κ3) is 20.9. The van der Waals surface area contributed by atoms with Crippen molar-refractivity contribution >= 4 is 14.1 Å². The first kappa shape index (κ1) is 21.7. The van der Waals surface area contributed by atoms with E-state index in [4.69, 9.17) is 9.78 Å². The molecule has 0 fully saturated rings. The third-order valence-corrected chi connectivity index (χ3v) is 6.42. The van der Waals surface area contributed by atoms with Crippen LogP contribution in [0.2, 0.25) is 15.8 Å². The maximum Gasteiger partial charge on any atom is 0.261 e. The zero-order valence-corrected chi connectivity index (χ0v) is 16.2. The molecular weight excluding hydrogens is 251 g/mol. The lowest BCUT2D eigenvalue weighted by Crippen LogP contribution is -2.27. The molecule has 0 aliphatic rings. The summed E-state index contributed by atoms with van der Waals surface area (Å²) in [4.78, 5) is 10.2. The Bertz CT molecular complexity index is 184. The zero-order chi connectivity index (χ0) is 15.7. The summed E-state index contributed by atoms with van der Waals surface area (Å²) >= 11 is -0.250. The molecule has 0 saturated carbocycles. The molecule has 0 amide bonds. The van der Waals surface area contributed by atoms with Crippen LogP contribution in [0, 0.1) is 5.92 Å². The van der Waals surface area contributed by atoms with Gasteiger partial charge in [0.1, 0.15) is 0 Å². The van der Waals surface area contributed by atoms with Crippen molar-refractivity contribution in [2.45, 2.75) is 96.3 Å². The van der Waals surface area contributed by atoms with E-state index < -0.39 is 0 Å². The van der Waals surface area contributed by atoms with Gasteiger partial charge in [-0.25, -0.2) is 9.78 Å². The fourth-order valence-corrected chi connectivity index (χ4v) is 4.12. The Morgan fingerprint density at radius 1 is 0.789 bits per heavy atom. The molecule has 0 heterocycles. The first-order valence-corrected chi connectivity index (χ1v) is 10.2. The van der Waals surface area contributed by atoms with Gasteiger partial charge < -0.3 is 0 Å². The molecule has 0 N–H and O–H groups in total. The fraction of sp³-hybridized carbons (Fsp3) is 1.00. The smallest absolute Gasteiger partial charge is 0.230 e. The van der Waals surface area contributed by atoms with Crippen LogP contribution in [0.1, 0.15) is 69.2 Å². The van der Waals surface area contributed by atoms with Crippen LogP contribution in [-0.2, 0) is 9.78 Å². The minimum atomic E-state index is -0.250. The molecule has 0 unspecified atom stereocenters. The summed E-state index contributed by atoms with van der Waals surface area (Å²) in [5.41, 5.74) is -0.430. The second-order valence-electron chi connectivity index (χ2n) is 7.70. The molecule has 2 nitrogen and oxygen atoms in total. The molecular formula is C16H37AlO2. The van der Waals surface area contributed by atoms with E-state index in [0.717, 1.165) is 5.92 Å². The molecule has 0 atom stereocenters. The Morgan fingerprint density at radius 2 is 1.11 bits per heavy atom. The lowest BCUT2D eigenvalue weighted by molar-refractivity contribution is -0.393. The maximum atomic E-state index is 5.09. The maximum absolute atomic E-state index is 5.09. The van der Waals surface area contributed by atoms with E-state index in [1.807, 2.05) is 41.5 Å². The van der Waals surface area contributed by atoms with Crippen molar-refractivity contribution < 1.29 is 9.78 Å². The first-order chi connectivity index (χ1) is 8.41. The molecule has 116 valence electrons. The van der Waals surface area contributed by atoms with Crippen LogP contribution >= 0.6 is 0 Å². The summed E-state index contributed by atoms with van der Waals surface area (Å²) in [6.07, 6.45) is 0. The van der Waals surface area contributed by atoms with Gasteiger partial charge in [-0.05, 0) is 41.5 Å². The Labute approximate surface area is 126 Å². The molecule has 0 aromatic rings. The first-order valence-electron chi connectivity index (χ1n) is 7.78. The van der Waals surface area contributed by atoms with Crippen LogP contribution in [0.4, 0.5) is 0 Å². The van der Waals surface area contributed by atoms with Gasteiger partial charge in [0.2, 0.25) is 0 Å². The van der Waals surface area contributed by atoms with E-state index in [1.165, 1.54) is 10.6 Å². The molecule has 19 heavy (non-hydrogen) atoms. The highest BCUT2D eigenvalue weighted by molar-refractivity contribution is 6.58. The van der Waals surface area contributed by atoms with Crippen molar-refractivity contribution in [1.82, 2.24) is 0 Å². The number of hydrogen-bond donors (Lipinski definition) is 0. The molecule has 0 saturated heterocycles. The van der Waals surface area contributed by atoms with Gasteiger partial charge >= 0.3 is 0 Å². The second-order valence-corrected chi connectivity index (χ2v) is 11.5. The third-order valence-electron chi connectivity index (χ3n) is 2.50. The van der Waals surface area contributed by atoms with Crippen LogP contribution in [0.5, 0.6) is 0 Å². The van der Waals surface area contributed by atoms with E-state index in [2.05, 4.69) is 27.7 Å². The summed E-state index contributed by atoms with van der Waals surface area (Å²) in [6, 6.07) is 0. The molecule has 0 radical (unpaired) electrons. The topological polar surface area (TPSA) is 18.5 Å². The van der Waals surface area contributed by atoms with E-state index in [-0.39, 0.29) is 25.4 Å². The molecule has 3 heteroatoms. The van der Waals surface area contributed by atoms with Crippen molar-refractivity contribution in [3.8, 4) is 0 Å². The van der Waals surface area contributed by atoms with E-state index >= 15 is 0 Å². The normalized spacial score (nSPS) is 12.2. The minimum Gasteiger partial charge on any atom is -0.230 e. The van der Waals surface area contributed by atoms with Crippen LogP contribution < -0.4 is 0 Å². The van der Waals surface area contributed by atoms with Crippen molar-refractivity contribution in [2.24, 2.45) is 5.92 Å². The highest BCUT2D eigenvalue weighted by Crippen LogP contribution is 2.14. The summed E-state index contributed by atoms with van der Waals surface area (Å²) in [5, 5.41) is 4.54. The summed E-state index contributed by atoms with van der Waals surface area (Å²) in [5.74, 6) is 0.946. The number of hydrogen-bond acceptors (Lipinski definition) is 2. The largest absolute Gasteiger partial charge is 0.261 e. The van der Waals surface area contributed by atoms with Gasteiger partial charge in [-0.15, -0.1) is 0 Å². The van der Waals surface area contributed by atoms with E-state index in [9.17, 15) is 0 Å². The van der Waals surface area contributed by atoms with Gasteiger partial charge in [-0.1, -0.05) is 49.5 Å². The van der Waals surface area contributed by atoms with Gasteiger partial charge in [0.15, 0.2) is 0 Å². The number of rotatable bonds is 5. The molecule has 0 bridgehead atoms. The molecule has 0 rings (SSSR count). The minimum absolute atomic E-state index is 0.215. The van der Waals surface area contributed by atoms with Crippen LogP contribution in [0.3, 0.4) is 0 Å². The van der Waals surface area contributed by atoms with Crippen molar-refractivity contribution in [3.05, 3.63) is 0 Å². The summed E-state index contributed by atoms with van der Waals surface area (Å²) < 4.78 is 0. The van der Waals surface area contributed by atoms with Gasteiger partial charge in [0.05, 0.1) is 11.2 Å². The fourth-order valence-electron chi connectivity index (χ4n) is 1.54. The van der Waals surface area contributed by atoms with Crippen molar-refractivity contribution in [3.63, 3.8) is 0 Å². The van der Waals surface area contributed by atoms with Crippen molar-refractivity contribution in [2.75, 3.05) is 0 Å². The predicted octanol–water partition coefficient (Wildman–Crippen LogP) is 5.71. The molecule has 0 aromatic carbocycles. The standard InChI is InChI=1S/C8H18O2.C4H9.2C2H5.Al/c1-7(2,3)9-10-8(4,5)6;1-4(2)3;2*1-2;/h1-6H3;4H,1H2,2-3H3;2*1H2,2H3;. The van der Waals surface area contributed by atoms with Gasteiger partial charge in [0, 0.05) is 0 Å². The zero-order valence-electron chi connectivity index (χ0n) is 15.1. The quantitative estimate of drug-likeness (QED) is 0.366. The van der Waals surface area contributed by atoms with Gasteiger partial charge in [-0.3, -0.25) is 0 Å². The van der Waals surface area contributed by atoms with Gasteiger partial charge in [0.25, 0.3) is 14.1 Å². The Morgan fingerprint density at radius 3 is 1.21 bits per heavy atom. The highest BCUT2D eigenvalue weighted by atomic mass is 27.2. The monoisotopic (exact) mass is 288 g/mol.